The lowest BCUT2D eigenvalue weighted by Gasteiger charge is -2.45. The van der Waals surface area contributed by atoms with Crippen molar-refractivity contribution >= 4 is 23.0 Å². The molecule has 2 aromatic rings. The molecule has 4 rings (SSSR count). The maximum Gasteiger partial charge on any atom is 0.170 e. The van der Waals surface area contributed by atoms with Gasteiger partial charge in [-0.1, -0.05) is 6.07 Å². The van der Waals surface area contributed by atoms with Crippen molar-refractivity contribution in [1.82, 2.24) is 10.2 Å². The summed E-state index contributed by atoms with van der Waals surface area (Å²) < 4.78 is 24.1. The third-order valence-electron chi connectivity index (χ3n) is 6.92. The Balaban J connectivity index is 1.47. The van der Waals surface area contributed by atoms with Gasteiger partial charge in [-0.05, 0) is 93.5 Å². The van der Waals surface area contributed by atoms with E-state index >= 15 is 0 Å². The Morgan fingerprint density at radius 2 is 1.84 bits per heavy atom. The number of likely N-dealkylation sites (tertiary alicyclic amines) is 1. The smallest absolute Gasteiger partial charge is 0.170 e. The number of thiocarbonyl (C=S) groups is 1. The van der Waals surface area contributed by atoms with E-state index in [4.69, 9.17) is 21.7 Å². The number of anilines is 1. The molecule has 7 heteroatoms. The van der Waals surface area contributed by atoms with Gasteiger partial charge in [0.1, 0.15) is 5.82 Å². The molecule has 2 fully saturated rings. The highest BCUT2D eigenvalue weighted by Gasteiger charge is 2.50. The number of ether oxygens (including phenoxy) is 2. The van der Waals surface area contributed by atoms with Gasteiger partial charge in [0.2, 0.25) is 0 Å². The molecule has 0 spiro atoms. The fourth-order valence-electron chi connectivity index (χ4n) is 5.28. The highest BCUT2D eigenvalue weighted by molar-refractivity contribution is 7.80. The van der Waals surface area contributed by atoms with Crippen molar-refractivity contribution in [1.29, 1.82) is 0 Å². The lowest BCUT2D eigenvalue weighted by molar-refractivity contribution is 0.161. The second-order valence-corrected chi connectivity index (χ2v) is 8.96. The van der Waals surface area contributed by atoms with Gasteiger partial charge in [0.05, 0.1) is 14.2 Å². The van der Waals surface area contributed by atoms with Crippen molar-refractivity contribution in [2.24, 2.45) is 0 Å². The normalized spacial score (nSPS) is 25.5. The number of halogens is 1. The summed E-state index contributed by atoms with van der Waals surface area (Å²) in [5.74, 6) is 1.29. The number of hydrogen-bond acceptors (Lipinski definition) is 4. The van der Waals surface area contributed by atoms with E-state index in [1.54, 1.807) is 26.4 Å². The molecule has 1 saturated carbocycles. The molecule has 1 heterocycles. The summed E-state index contributed by atoms with van der Waals surface area (Å²) >= 11 is 5.52. The lowest BCUT2D eigenvalue weighted by atomic mass is 9.65. The van der Waals surface area contributed by atoms with Crippen molar-refractivity contribution in [3.05, 3.63) is 53.8 Å². The summed E-state index contributed by atoms with van der Waals surface area (Å²) in [4.78, 5) is 2.47. The Bertz CT molecular complexity index is 939. The number of likely N-dealkylation sites (N-methyl/N-ethyl adjacent to an activating group) is 1. The van der Waals surface area contributed by atoms with Crippen LogP contribution in [-0.4, -0.2) is 49.9 Å². The van der Waals surface area contributed by atoms with Gasteiger partial charge in [-0.2, -0.15) is 0 Å². The van der Waals surface area contributed by atoms with Gasteiger partial charge >= 0.3 is 0 Å². The van der Waals surface area contributed by atoms with Crippen LogP contribution in [0.25, 0.3) is 0 Å². The largest absolute Gasteiger partial charge is 0.493 e. The molecule has 2 N–H and O–H groups in total. The first-order chi connectivity index (χ1) is 14.9. The maximum atomic E-state index is 13.1. The van der Waals surface area contributed by atoms with E-state index in [0.717, 1.165) is 49.4 Å². The minimum Gasteiger partial charge on any atom is -0.493 e. The quantitative estimate of drug-likeness (QED) is 0.671. The Morgan fingerprint density at radius 1 is 1.10 bits per heavy atom. The van der Waals surface area contributed by atoms with Crippen LogP contribution in [0.4, 0.5) is 10.1 Å². The molecule has 5 nitrogen and oxygen atoms in total. The number of nitrogens with one attached hydrogen (secondary N) is 2. The topological polar surface area (TPSA) is 45.8 Å². The summed E-state index contributed by atoms with van der Waals surface area (Å²) in [6.45, 7) is 1.07. The zero-order valence-electron chi connectivity index (χ0n) is 18.3. The zero-order chi connectivity index (χ0) is 22.0. The second kappa shape index (κ2) is 9.01. The summed E-state index contributed by atoms with van der Waals surface area (Å²) in [6, 6.07) is 13.3. The van der Waals surface area contributed by atoms with Crippen LogP contribution in [0, 0.1) is 5.82 Å². The summed E-state index contributed by atoms with van der Waals surface area (Å²) in [7, 11) is 5.57. The summed E-state index contributed by atoms with van der Waals surface area (Å²) in [5, 5.41) is 7.23. The molecule has 0 unspecified atom stereocenters. The van der Waals surface area contributed by atoms with Crippen molar-refractivity contribution < 1.29 is 13.9 Å². The molecule has 166 valence electrons. The predicted octanol–water partition coefficient (Wildman–Crippen LogP) is 4.32. The molecule has 1 aliphatic carbocycles. The number of fused-ring (bicyclic) bond motifs is 1. The molecule has 1 aliphatic heterocycles. The Morgan fingerprint density at radius 3 is 2.55 bits per heavy atom. The van der Waals surface area contributed by atoms with Crippen LogP contribution in [0.3, 0.4) is 0 Å². The van der Waals surface area contributed by atoms with Crippen LogP contribution in [0.2, 0.25) is 0 Å². The molecule has 3 atom stereocenters. The molecule has 1 saturated heterocycles. The lowest BCUT2D eigenvalue weighted by Crippen LogP contribution is -2.52. The van der Waals surface area contributed by atoms with Crippen molar-refractivity contribution in [2.75, 3.05) is 33.1 Å². The van der Waals surface area contributed by atoms with Crippen molar-refractivity contribution in [2.45, 2.75) is 43.2 Å². The van der Waals surface area contributed by atoms with Crippen LogP contribution >= 0.6 is 12.2 Å². The Kier molecular flexibility index (Phi) is 6.34. The first-order valence-corrected chi connectivity index (χ1v) is 11.1. The van der Waals surface area contributed by atoms with Crippen LogP contribution < -0.4 is 20.1 Å². The molecule has 0 bridgehead atoms. The fourth-order valence-corrected chi connectivity index (χ4v) is 5.56. The minimum absolute atomic E-state index is 0.110. The van der Waals surface area contributed by atoms with Crippen LogP contribution in [0.1, 0.15) is 31.2 Å². The first-order valence-electron chi connectivity index (χ1n) is 10.7. The van der Waals surface area contributed by atoms with Crippen LogP contribution in [0.15, 0.2) is 42.5 Å². The molecule has 2 aromatic carbocycles. The van der Waals surface area contributed by atoms with Gasteiger partial charge < -0.3 is 25.0 Å². The van der Waals surface area contributed by atoms with Crippen molar-refractivity contribution in [3.63, 3.8) is 0 Å². The van der Waals surface area contributed by atoms with E-state index in [1.807, 2.05) is 6.07 Å². The monoisotopic (exact) mass is 443 g/mol. The minimum atomic E-state index is -0.257. The van der Waals surface area contributed by atoms with E-state index in [0.29, 0.717) is 17.2 Å². The first kappa shape index (κ1) is 21.8. The molecular weight excluding hydrogens is 413 g/mol. The van der Waals surface area contributed by atoms with Gasteiger partial charge in [-0.25, -0.2) is 4.39 Å². The SMILES string of the molecule is COc1ccc([C@@]23CC[C@H](NC(=S)Nc4ccc(F)cc4)C[C@H]2N(C)CC3)cc1OC. The number of rotatable bonds is 5. The average Bonchev–Trinajstić information content (AvgIpc) is 3.12. The van der Waals surface area contributed by atoms with Crippen molar-refractivity contribution in [3.8, 4) is 11.5 Å². The highest BCUT2D eigenvalue weighted by Crippen LogP contribution is 2.49. The van der Waals surface area contributed by atoms with E-state index in [-0.39, 0.29) is 11.2 Å². The second-order valence-electron chi connectivity index (χ2n) is 8.55. The maximum absolute atomic E-state index is 13.1. The van der Waals surface area contributed by atoms with Gasteiger partial charge in [0, 0.05) is 23.2 Å². The third kappa shape index (κ3) is 4.34. The molecule has 2 aliphatic rings. The summed E-state index contributed by atoms with van der Waals surface area (Å²) in [6.07, 6.45) is 4.25. The fraction of sp³-hybridized carbons (Fsp3) is 0.458. The number of hydrogen-bond donors (Lipinski definition) is 2. The highest BCUT2D eigenvalue weighted by atomic mass is 32.1. The molecule has 0 amide bonds. The molecule has 0 radical (unpaired) electrons. The summed E-state index contributed by atoms with van der Waals surface area (Å²) in [5.41, 5.74) is 2.22. The number of benzene rings is 2. The van der Waals surface area contributed by atoms with Crippen LogP contribution in [0.5, 0.6) is 11.5 Å². The number of methoxy groups -OCH3 is 2. The van der Waals surface area contributed by atoms with Crippen LogP contribution in [-0.2, 0) is 5.41 Å². The Hall–Kier alpha value is -2.38. The molecular formula is C24H30FN3O2S. The van der Waals surface area contributed by atoms with Gasteiger partial charge in [-0.15, -0.1) is 0 Å². The van der Waals surface area contributed by atoms with Gasteiger partial charge in [0.15, 0.2) is 16.6 Å². The third-order valence-corrected chi connectivity index (χ3v) is 7.14. The zero-order valence-corrected chi connectivity index (χ0v) is 19.1. The average molecular weight is 444 g/mol. The van der Waals surface area contributed by atoms with E-state index < -0.39 is 0 Å². The van der Waals surface area contributed by atoms with E-state index in [1.165, 1.54) is 17.7 Å². The molecule has 0 aromatic heterocycles. The predicted molar refractivity (Wildman–Crippen MR) is 126 cm³/mol. The van der Waals surface area contributed by atoms with Gasteiger partial charge in [-0.3, -0.25) is 0 Å². The van der Waals surface area contributed by atoms with E-state index in [9.17, 15) is 4.39 Å². The number of nitrogens with zero attached hydrogens (tertiary/aromatic N) is 1. The Labute approximate surface area is 188 Å². The molecule has 31 heavy (non-hydrogen) atoms. The van der Waals surface area contributed by atoms with Gasteiger partial charge in [0.25, 0.3) is 0 Å². The van der Waals surface area contributed by atoms with E-state index in [2.05, 4.69) is 34.7 Å². The standard InChI is InChI=1S/C24H30FN3O2S/c1-28-13-12-24(16-4-9-20(29-2)21(14-16)30-3)11-10-19(15-22(24)28)27-23(31)26-18-7-5-17(25)6-8-18/h4-9,14,19,22H,10-13,15H2,1-3H3,(H2,26,27,31)/t19-,22+,24-/m0/s1.